The normalized spacial score (nSPS) is 30.1. The average Bonchev–Trinajstić information content (AvgIpc) is 2.52. The molecule has 5 atom stereocenters. The van der Waals surface area contributed by atoms with Crippen LogP contribution in [0.3, 0.4) is 0 Å². The van der Waals surface area contributed by atoms with Crippen LogP contribution in [0.25, 0.3) is 0 Å². The van der Waals surface area contributed by atoms with Gasteiger partial charge in [0.05, 0.1) is 0 Å². The van der Waals surface area contributed by atoms with Crippen LogP contribution in [-0.4, -0.2) is 65.6 Å². The van der Waals surface area contributed by atoms with Gasteiger partial charge in [0.1, 0.15) is 17.6 Å². The van der Waals surface area contributed by atoms with Crippen molar-refractivity contribution in [2.45, 2.75) is 70.9 Å². The van der Waals surface area contributed by atoms with Gasteiger partial charge in [0, 0.05) is 27.7 Å². The number of esters is 4. The van der Waals surface area contributed by atoms with Gasteiger partial charge in [-0.15, -0.1) is 11.8 Å². The number of rotatable bonds is 7. The Bertz CT molecular complexity index is 579. The number of thioether (sulfide) groups is 1. The fraction of sp³-hybridized carbons (Fsp3) is 0.765. The molecule has 0 aromatic heterocycles. The van der Waals surface area contributed by atoms with E-state index in [1.54, 1.807) is 6.92 Å². The molecule has 0 aromatic rings. The molecule has 0 aliphatic carbocycles. The molecule has 1 fully saturated rings. The minimum absolute atomic E-state index is 0.244. The molecule has 0 amide bonds. The van der Waals surface area contributed by atoms with Crippen LogP contribution >= 0.6 is 11.8 Å². The Morgan fingerprint density at radius 2 is 1.41 bits per heavy atom. The van der Waals surface area contributed by atoms with Crippen molar-refractivity contribution in [3.05, 3.63) is 0 Å². The number of hydrogen-bond acceptors (Lipinski definition) is 10. The van der Waals surface area contributed by atoms with Crippen molar-refractivity contribution in [3.63, 3.8) is 0 Å². The highest BCUT2D eigenvalue weighted by Crippen LogP contribution is 2.39. The van der Waals surface area contributed by atoms with Crippen LogP contribution in [0.4, 0.5) is 0 Å². The molecule has 1 saturated heterocycles. The summed E-state index contributed by atoms with van der Waals surface area (Å²) in [5.74, 6) is -1.85. The zero-order valence-electron chi connectivity index (χ0n) is 16.3. The van der Waals surface area contributed by atoms with E-state index in [1.165, 1.54) is 39.5 Å². The van der Waals surface area contributed by atoms with Gasteiger partial charge in [-0.2, -0.15) is 0 Å². The maximum absolute atomic E-state index is 11.7. The maximum atomic E-state index is 11.7. The highest BCUT2D eigenvalue weighted by molar-refractivity contribution is 7.99. The van der Waals surface area contributed by atoms with Gasteiger partial charge in [-0.05, 0) is 12.7 Å². The first kappa shape index (κ1) is 23.2. The monoisotopic (exact) mass is 406 g/mol. The van der Waals surface area contributed by atoms with E-state index >= 15 is 0 Å². The molecule has 9 nitrogen and oxygen atoms in total. The molecule has 27 heavy (non-hydrogen) atoms. The highest BCUT2D eigenvalue weighted by Gasteiger charge is 2.58. The first-order chi connectivity index (χ1) is 12.5. The summed E-state index contributed by atoms with van der Waals surface area (Å²) in [4.78, 5) is 46.2. The standard InChI is InChI=1S/C17H26O9S/c1-7-27-16-14(24-11(4)20)13(23-10(3)19)15(25-12(5)21)17(6,26-16)8-22-9(2)18/h13-16H,7-8H2,1-6H3. The summed E-state index contributed by atoms with van der Waals surface area (Å²) < 4.78 is 27.2. The molecule has 10 heteroatoms. The smallest absolute Gasteiger partial charge is 0.303 e. The van der Waals surface area contributed by atoms with Crippen molar-refractivity contribution in [3.8, 4) is 0 Å². The zero-order valence-corrected chi connectivity index (χ0v) is 17.1. The van der Waals surface area contributed by atoms with E-state index in [9.17, 15) is 19.2 Å². The second-order valence-electron chi connectivity index (χ2n) is 6.21. The van der Waals surface area contributed by atoms with Crippen LogP contribution in [0.2, 0.25) is 0 Å². The van der Waals surface area contributed by atoms with Crippen molar-refractivity contribution >= 4 is 35.6 Å². The largest absolute Gasteiger partial charge is 0.463 e. The lowest BCUT2D eigenvalue weighted by Crippen LogP contribution is -2.67. The molecular formula is C17H26O9S. The summed E-state index contributed by atoms with van der Waals surface area (Å²) in [5, 5.41) is 0. The Kier molecular flexibility index (Phi) is 8.55. The highest BCUT2D eigenvalue weighted by atomic mass is 32.2. The van der Waals surface area contributed by atoms with E-state index in [0.29, 0.717) is 5.75 Å². The second kappa shape index (κ2) is 9.93. The number of carbonyl (C=O) groups is 4. The first-order valence-corrected chi connectivity index (χ1v) is 9.49. The van der Waals surface area contributed by atoms with Crippen molar-refractivity contribution in [1.82, 2.24) is 0 Å². The Labute approximate surface area is 162 Å². The molecule has 0 N–H and O–H groups in total. The van der Waals surface area contributed by atoms with Crippen LogP contribution in [0.5, 0.6) is 0 Å². The fourth-order valence-electron chi connectivity index (χ4n) is 2.73. The van der Waals surface area contributed by atoms with E-state index in [-0.39, 0.29) is 6.61 Å². The minimum atomic E-state index is -1.32. The van der Waals surface area contributed by atoms with Gasteiger partial charge in [-0.25, -0.2) is 0 Å². The van der Waals surface area contributed by atoms with Gasteiger partial charge in [0.15, 0.2) is 18.3 Å². The summed E-state index contributed by atoms with van der Waals surface area (Å²) in [5.41, 5.74) is -2.04. The lowest BCUT2D eigenvalue weighted by atomic mass is 9.88. The van der Waals surface area contributed by atoms with Crippen LogP contribution < -0.4 is 0 Å². The molecule has 0 aromatic carbocycles. The van der Waals surface area contributed by atoms with Gasteiger partial charge in [0.25, 0.3) is 0 Å². The lowest BCUT2D eigenvalue weighted by Gasteiger charge is -2.49. The number of carbonyl (C=O) groups excluding carboxylic acids is 4. The minimum Gasteiger partial charge on any atom is -0.463 e. The number of hydrogen-bond donors (Lipinski definition) is 0. The third-order valence-electron chi connectivity index (χ3n) is 3.67. The summed E-state index contributed by atoms with van der Waals surface area (Å²) in [6.07, 6.45) is -3.30. The molecule has 1 heterocycles. The molecule has 0 spiro atoms. The van der Waals surface area contributed by atoms with E-state index in [4.69, 9.17) is 23.7 Å². The van der Waals surface area contributed by atoms with Crippen molar-refractivity contribution < 1.29 is 42.9 Å². The first-order valence-electron chi connectivity index (χ1n) is 8.44. The third-order valence-corrected chi connectivity index (χ3v) is 4.69. The molecule has 0 saturated carbocycles. The van der Waals surface area contributed by atoms with Gasteiger partial charge < -0.3 is 23.7 Å². The summed E-state index contributed by atoms with van der Waals surface area (Å²) >= 11 is 1.32. The van der Waals surface area contributed by atoms with Gasteiger partial charge >= 0.3 is 23.9 Å². The van der Waals surface area contributed by atoms with E-state index < -0.39 is 53.2 Å². The SMILES string of the molecule is CCSC1OC(C)(COC(C)=O)C(OC(C)=O)C(OC(C)=O)C1OC(C)=O. The second-order valence-corrected chi connectivity index (χ2v) is 7.59. The molecule has 1 aliphatic rings. The lowest BCUT2D eigenvalue weighted by molar-refractivity contribution is -0.267. The number of ether oxygens (including phenoxy) is 5. The average molecular weight is 406 g/mol. The summed E-state index contributed by atoms with van der Waals surface area (Å²) in [6.45, 7) is 8.03. The van der Waals surface area contributed by atoms with Crippen LogP contribution in [-0.2, 0) is 42.9 Å². The molecule has 0 bridgehead atoms. The predicted molar refractivity (Wildman–Crippen MR) is 94.7 cm³/mol. The van der Waals surface area contributed by atoms with Crippen molar-refractivity contribution in [2.75, 3.05) is 12.4 Å². The van der Waals surface area contributed by atoms with E-state index in [2.05, 4.69) is 0 Å². The molecule has 0 radical (unpaired) electrons. The van der Waals surface area contributed by atoms with Crippen LogP contribution in [0.1, 0.15) is 41.5 Å². The maximum Gasteiger partial charge on any atom is 0.303 e. The third kappa shape index (κ3) is 6.69. The Hall–Kier alpha value is -1.81. The quantitative estimate of drug-likeness (QED) is 0.451. The molecular weight excluding hydrogens is 380 g/mol. The predicted octanol–water partition coefficient (Wildman–Crippen LogP) is 1.21. The van der Waals surface area contributed by atoms with Crippen molar-refractivity contribution in [2.24, 2.45) is 0 Å². The Morgan fingerprint density at radius 1 is 0.889 bits per heavy atom. The molecule has 1 aliphatic heterocycles. The molecule has 154 valence electrons. The topological polar surface area (TPSA) is 114 Å². The van der Waals surface area contributed by atoms with E-state index in [1.807, 2.05) is 6.92 Å². The Balaban J connectivity index is 3.37. The van der Waals surface area contributed by atoms with Gasteiger partial charge in [-0.1, -0.05) is 6.92 Å². The van der Waals surface area contributed by atoms with Crippen LogP contribution in [0, 0.1) is 0 Å². The summed E-state index contributed by atoms with van der Waals surface area (Å²) in [7, 11) is 0. The van der Waals surface area contributed by atoms with Gasteiger partial charge in [0.2, 0.25) is 0 Å². The van der Waals surface area contributed by atoms with E-state index in [0.717, 1.165) is 0 Å². The Morgan fingerprint density at radius 3 is 1.85 bits per heavy atom. The van der Waals surface area contributed by atoms with Crippen molar-refractivity contribution in [1.29, 1.82) is 0 Å². The molecule has 1 rings (SSSR count). The zero-order chi connectivity index (χ0) is 20.8. The van der Waals surface area contributed by atoms with Crippen LogP contribution in [0.15, 0.2) is 0 Å². The summed E-state index contributed by atoms with van der Waals surface area (Å²) in [6, 6.07) is 0. The van der Waals surface area contributed by atoms with Gasteiger partial charge in [-0.3, -0.25) is 19.2 Å². The fourth-order valence-corrected chi connectivity index (χ4v) is 3.75. The molecule has 5 unspecified atom stereocenters.